The van der Waals surface area contributed by atoms with E-state index in [9.17, 15) is 5.11 Å². The van der Waals surface area contributed by atoms with Crippen LogP contribution in [0.2, 0.25) is 0 Å². The van der Waals surface area contributed by atoms with Gasteiger partial charge in [-0.05, 0) is 13.0 Å². The number of rotatable bonds is 1. The number of aliphatic hydroxyl groups excluding tert-OH is 1. The van der Waals surface area contributed by atoms with E-state index in [0.29, 0.717) is 0 Å². The van der Waals surface area contributed by atoms with Crippen LogP contribution in [0.5, 0.6) is 0 Å². The van der Waals surface area contributed by atoms with Crippen LogP contribution < -0.4 is 0 Å². The van der Waals surface area contributed by atoms with Crippen LogP contribution in [-0.2, 0) is 9.47 Å². The third-order valence-corrected chi connectivity index (χ3v) is 1.64. The highest BCUT2D eigenvalue weighted by atomic mass is 16.5. The SMILES string of the molecule is COC1C(O)C=COC1C. The molecule has 0 spiro atoms. The first-order chi connectivity index (χ1) is 4.75. The molecular weight excluding hydrogens is 132 g/mol. The molecule has 0 fully saturated rings. The topological polar surface area (TPSA) is 38.7 Å². The summed E-state index contributed by atoms with van der Waals surface area (Å²) < 4.78 is 10.1. The molecular formula is C7H12O3. The maximum atomic E-state index is 9.25. The molecule has 3 nitrogen and oxygen atoms in total. The number of ether oxygens (including phenoxy) is 2. The molecule has 0 aromatic rings. The summed E-state index contributed by atoms with van der Waals surface area (Å²) in [6.45, 7) is 1.86. The van der Waals surface area contributed by atoms with Crippen LogP contribution in [0.1, 0.15) is 6.92 Å². The second kappa shape index (κ2) is 3.03. The average Bonchev–Trinajstić information content (AvgIpc) is 1.88. The van der Waals surface area contributed by atoms with Crippen LogP contribution in [0.25, 0.3) is 0 Å². The van der Waals surface area contributed by atoms with Crippen LogP contribution in [0, 0.1) is 0 Å². The van der Waals surface area contributed by atoms with Crippen molar-refractivity contribution >= 4 is 0 Å². The summed E-state index contributed by atoms with van der Waals surface area (Å²) in [4.78, 5) is 0. The Hall–Kier alpha value is -0.540. The number of aliphatic hydroxyl groups is 1. The molecule has 0 aromatic carbocycles. The molecule has 10 heavy (non-hydrogen) atoms. The van der Waals surface area contributed by atoms with Gasteiger partial charge in [-0.3, -0.25) is 0 Å². The van der Waals surface area contributed by atoms with E-state index < -0.39 is 6.10 Å². The van der Waals surface area contributed by atoms with Crippen molar-refractivity contribution in [3.05, 3.63) is 12.3 Å². The summed E-state index contributed by atoms with van der Waals surface area (Å²) in [5.74, 6) is 0. The first-order valence-corrected chi connectivity index (χ1v) is 3.28. The van der Waals surface area contributed by atoms with Gasteiger partial charge in [-0.2, -0.15) is 0 Å². The summed E-state index contributed by atoms with van der Waals surface area (Å²) in [6.07, 6.45) is 2.25. The highest BCUT2D eigenvalue weighted by molar-refractivity contribution is 4.96. The highest BCUT2D eigenvalue weighted by Crippen LogP contribution is 2.13. The second-order valence-electron chi connectivity index (χ2n) is 2.36. The Balaban J connectivity index is 2.58. The molecule has 1 aliphatic heterocycles. The van der Waals surface area contributed by atoms with E-state index >= 15 is 0 Å². The third kappa shape index (κ3) is 1.30. The van der Waals surface area contributed by atoms with Gasteiger partial charge in [0.1, 0.15) is 18.3 Å². The lowest BCUT2D eigenvalue weighted by molar-refractivity contribution is -0.0764. The van der Waals surface area contributed by atoms with Crippen LogP contribution >= 0.6 is 0 Å². The van der Waals surface area contributed by atoms with E-state index in [0.717, 1.165) is 0 Å². The van der Waals surface area contributed by atoms with Crippen molar-refractivity contribution in [2.45, 2.75) is 25.2 Å². The quantitative estimate of drug-likeness (QED) is 0.575. The van der Waals surface area contributed by atoms with Crippen LogP contribution in [0.3, 0.4) is 0 Å². The van der Waals surface area contributed by atoms with E-state index in [1.165, 1.54) is 6.26 Å². The summed E-state index contributed by atoms with van der Waals surface area (Å²) in [5.41, 5.74) is 0. The monoisotopic (exact) mass is 144 g/mol. The summed E-state index contributed by atoms with van der Waals surface area (Å²) in [5, 5.41) is 9.25. The standard InChI is InChI=1S/C7H12O3/c1-5-7(9-2)6(8)3-4-10-5/h3-8H,1-2H3. The zero-order valence-electron chi connectivity index (χ0n) is 6.15. The predicted molar refractivity (Wildman–Crippen MR) is 36.5 cm³/mol. The molecule has 0 aromatic heterocycles. The van der Waals surface area contributed by atoms with Gasteiger partial charge in [0.15, 0.2) is 0 Å². The van der Waals surface area contributed by atoms with Crippen molar-refractivity contribution < 1.29 is 14.6 Å². The molecule has 0 radical (unpaired) electrons. The maximum absolute atomic E-state index is 9.25. The fourth-order valence-electron chi connectivity index (χ4n) is 1.05. The van der Waals surface area contributed by atoms with Crippen molar-refractivity contribution in [3.63, 3.8) is 0 Å². The molecule has 1 N–H and O–H groups in total. The minimum atomic E-state index is -0.534. The zero-order valence-corrected chi connectivity index (χ0v) is 6.15. The van der Waals surface area contributed by atoms with Crippen molar-refractivity contribution in [2.24, 2.45) is 0 Å². The molecule has 1 heterocycles. The van der Waals surface area contributed by atoms with Gasteiger partial charge in [0.05, 0.1) is 6.26 Å². The van der Waals surface area contributed by atoms with Crippen LogP contribution in [0.4, 0.5) is 0 Å². The number of hydrogen-bond donors (Lipinski definition) is 1. The molecule has 3 heteroatoms. The van der Waals surface area contributed by atoms with E-state index in [4.69, 9.17) is 9.47 Å². The number of methoxy groups -OCH3 is 1. The van der Waals surface area contributed by atoms with E-state index in [1.54, 1.807) is 13.2 Å². The van der Waals surface area contributed by atoms with Crippen molar-refractivity contribution in [1.82, 2.24) is 0 Å². The molecule has 0 saturated carbocycles. The lowest BCUT2D eigenvalue weighted by Gasteiger charge is -2.28. The largest absolute Gasteiger partial charge is 0.496 e. The predicted octanol–water partition coefficient (Wildman–Crippen LogP) is 0.295. The van der Waals surface area contributed by atoms with Gasteiger partial charge in [0.25, 0.3) is 0 Å². The molecule has 58 valence electrons. The summed E-state index contributed by atoms with van der Waals surface area (Å²) >= 11 is 0. The van der Waals surface area contributed by atoms with Gasteiger partial charge in [-0.15, -0.1) is 0 Å². The molecule has 1 rings (SSSR count). The van der Waals surface area contributed by atoms with Crippen LogP contribution in [0.15, 0.2) is 12.3 Å². The third-order valence-electron chi connectivity index (χ3n) is 1.64. The maximum Gasteiger partial charge on any atom is 0.124 e. The molecule has 0 bridgehead atoms. The molecule has 3 atom stereocenters. The van der Waals surface area contributed by atoms with Crippen molar-refractivity contribution in [2.75, 3.05) is 7.11 Å². The first-order valence-electron chi connectivity index (χ1n) is 3.28. The van der Waals surface area contributed by atoms with Gasteiger partial charge in [-0.25, -0.2) is 0 Å². The Kier molecular flexibility index (Phi) is 2.29. The average molecular weight is 144 g/mol. The Morgan fingerprint density at radius 2 is 2.30 bits per heavy atom. The fourth-order valence-corrected chi connectivity index (χ4v) is 1.05. The Morgan fingerprint density at radius 1 is 1.60 bits per heavy atom. The Morgan fingerprint density at radius 3 is 2.70 bits per heavy atom. The van der Waals surface area contributed by atoms with E-state index in [-0.39, 0.29) is 12.2 Å². The second-order valence-corrected chi connectivity index (χ2v) is 2.36. The van der Waals surface area contributed by atoms with Crippen LogP contribution in [-0.4, -0.2) is 30.5 Å². The molecule has 0 amide bonds. The molecule has 3 unspecified atom stereocenters. The summed E-state index contributed by atoms with van der Waals surface area (Å²) in [6, 6.07) is 0. The summed E-state index contributed by atoms with van der Waals surface area (Å²) in [7, 11) is 1.56. The first kappa shape index (κ1) is 7.57. The van der Waals surface area contributed by atoms with Gasteiger partial charge in [0, 0.05) is 7.11 Å². The minimum absolute atomic E-state index is 0.0648. The lowest BCUT2D eigenvalue weighted by atomic mass is 10.1. The van der Waals surface area contributed by atoms with Crippen molar-refractivity contribution in [3.8, 4) is 0 Å². The zero-order chi connectivity index (χ0) is 7.56. The molecule has 0 aliphatic carbocycles. The number of hydrogen-bond acceptors (Lipinski definition) is 3. The van der Waals surface area contributed by atoms with E-state index in [1.807, 2.05) is 6.92 Å². The fraction of sp³-hybridized carbons (Fsp3) is 0.714. The van der Waals surface area contributed by atoms with E-state index in [2.05, 4.69) is 0 Å². The van der Waals surface area contributed by atoms with Gasteiger partial charge >= 0.3 is 0 Å². The normalized spacial score (nSPS) is 39.3. The van der Waals surface area contributed by atoms with Gasteiger partial charge in [0.2, 0.25) is 0 Å². The lowest BCUT2D eigenvalue weighted by Crippen LogP contribution is -2.39. The smallest absolute Gasteiger partial charge is 0.124 e. The minimum Gasteiger partial charge on any atom is -0.496 e. The Labute approximate surface area is 60.3 Å². The van der Waals surface area contributed by atoms with Gasteiger partial charge in [-0.1, -0.05) is 0 Å². The van der Waals surface area contributed by atoms with Gasteiger partial charge < -0.3 is 14.6 Å². The van der Waals surface area contributed by atoms with Crippen molar-refractivity contribution in [1.29, 1.82) is 0 Å². The molecule has 1 aliphatic rings. The Bertz CT molecular complexity index is 133. The molecule has 0 saturated heterocycles. The highest BCUT2D eigenvalue weighted by Gasteiger charge is 2.26.